The molecule has 114 valence electrons. The van der Waals surface area contributed by atoms with Crippen LogP contribution < -0.4 is 15.0 Å². The van der Waals surface area contributed by atoms with Gasteiger partial charge in [-0.1, -0.05) is 19.9 Å². The maximum atomic E-state index is 5.84. The van der Waals surface area contributed by atoms with Gasteiger partial charge in [0.25, 0.3) is 0 Å². The van der Waals surface area contributed by atoms with E-state index in [2.05, 4.69) is 56.1 Å². The SMILES string of the molecule is CCN(CC)c1cccc(OCCCCNC(C)C)c1. The minimum atomic E-state index is 0.571. The summed E-state index contributed by atoms with van der Waals surface area (Å²) >= 11 is 0. The molecule has 3 nitrogen and oxygen atoms in total. The Kier molecular flexibility index (Phi) is 8.12. The van der Waals surface area contributed by atoms with E-state index in [1.807, 2.05) is 6.07 Å². The molecular weight excluding hydrogens is 248 g/mol. The summed E-state index contributed by atoms with van der Waals surface area (Å²) < 4.78 is 5.84. The Hall–Kier alpha value is -1.22. The summed E-state index contributed by atoms with van der Waals surface area (Å²) in [5.41, 5.74) is 1.24. The number of hydrogen-bond donors (Lipinski definition) is 1. The zero-order valence-corrected chi connectivity index (χ0v) is 13.5. The number of hydrogen-bond acceptors (Lipinski definition) is 3. The molecule has 0 aromatic heterocycles. The van der Waals surface area contributed by atoms with Gasteiger partial charge in [0.2, 0.25) is 0 Å². The van der Waals surface area contributed by atoms with Crippen LogP contribution in [-0.2, 0) is 0 Å². The van der Waals surface area contributed by atoms with Crippen LogP contribution in [0.5, 0.6) is 5.75 Å². The van der Waals surface area contributed by atoms with Crippen molar-refractivity contribution in [2.45, 2.75) is 46.6 Å². The first-order valence-electron chi connectivity index (χ1n) is 7.88. The van der Waals surface area contributed by atoms with Crippen LogP contribution in [0, 0.1) is 0 Å². The Morgan fingerprint density at radius 2 is 1.90 bits per heavy atom. The Morgan fingerprint density at radius 1 is 1.15 bits per heavy atom. The topological polar surface area (TPSA) is 24.5 Å². The van der Waals surface area contributed by atoms with E-state index in [0.717, 1.165) is 44.8 Å². The highest BCUT2D eigenvalue weighted by atomic mass is 16.5. The van der Waals surface area contributed by atoms with E-state index >= 15 is 0 Å². The van der Waals surface area contributed by atoms with E-state index < -0.39 is 0 Å². The number of nitrogens with zero attached hydrogens (tertiary/aromatic N) is 1. The molecule has 0 bridgehead atoms. The predicted octanol–water partition coefficient (Wildman–Crippen LogP) is 3.69. The van der Waals surface area contributed by atoms with Crippen LogP contribution in [0.25, 0.3) is 0 Å². The molecule has 0 atom stereocenters. The van der Waals surface area contributed by atoms with Crippen molar-refractivity contribution < 1.29 is 4.74 Å². The molecule has 0 aliphatic heterocycles. The van der Waals surface area contributed by atoms with E-state index in [0.29, 0.717) is 6.04 Å². The van der Waals surface area contributed by atoms with Crippen LogP contribution in [0.2, 0.25) is 0 Å². The number of nitrogens with one attached hydrogen (secondary N) is 1. The molecular formula is C17H30N2O. The van der Waals surface area contributed by atoms with Gasteiger partial charge in [-0.3, -0.25) is 0 Å². The van der Waals surface area contributed by atoms with Gasteiger partial charge >= 0.3 is 0 Å². The lowest BCUT2D eigenvalue weighted by Gasteiger charge is -2.21. The Bertz CT molecular complexity index is 362. The first-order valence-corrected chi connectivity index (χ1v) is 7.88. The van der Waals surface area contributed by atoms with Crippen LogP contribution in [-0.4, -0.2) is 32.3 Å². The van der Waals surface area contributed by atoms with E-state index in [4.69, 9.17) is 4.74 Å². The maximum absolute atomic E-state index is 5.84. The average Bonchev–Trinajstić information content (AvgIpc) is 2.44. The molecule has 0 spiro atoms. The number of benzene rings is 1. The van der Waals surface area contributed by atoms with Gasteiger partial charge in [0.1, 0.15) is 5.75 Å². The smallest absolute Gasteiger partial charge is 0.121 e. The molecule has 0 fully saturated rings. The third-order valence-electron chi connectivity index (χ3n) is 3.34. The molecule has 1 rings (SSSR count). The predicted molar refractivity (Wildman–Crippen MR) is 87.9 cm³/mol. The summed E-state index contributed by atoms with van der Waals surface area (Å²) in [7, 11) is 0. The van der Waals surface area contributed by atoms with Gasteiger partial charge in [0.15, 0.2) is 0 Å². The fraction of sp³-hybridized carbons (Fsp3) is 0.647. The molecule has 1 aromatic carbocycles. The maximum Gasteiger partial charge on any atom is 0.121 e. The number of ether oxygens (including phenoxy) is 1. The summed E-state index contributed by atoms with van der Waals surface area (Å²) in [5, 5.41) is 3.42. The van der Waals surface area contributed by atoms with Crippen molar-refractivity contribution in [1.82, 2.24) is 5.32 Å². The molecule has 3 heteroatoms. The highest BCUT2D eigenvalue weighted by Gasteiger charge is 2.03. The van der Waals surface area contributed by atoms with Gasteiger partial charge in [-0.2, -0.15) is 0 Å². The minimum absolute atomic E-state index is 0.571. The van der Waals surface area contributed by atoms with Gasteiger partial charge in [-0.05, 0) is 45.4 Å². The lowest BCUT2D eigenvalue weighted by molar-refractivity contribution is 0.305. The second-order valence-electron chi connectivity index (χ2n) is 5.33. The third kappa shape index (κ3) is 6.29. The fourth-order valence-electron chi connectivity index (χ4n) is 2.17. The van der Waals surface area contributed by atoms with Gasteiger partial charge in [0.05, 0.1) is 6.61 Å². The Labute approximate surface area is 124 Å². The van der Waals surface area contributed by atoms with E-state index in [1.165, 1.54) is 5.69 Å². The van der Waals surface area contributed by atoms with Gasteiger partial charge in [-0.25, -0.2) is 0 Å². The molecule has 0 unspecified atom stereocenters. The normalized spacial score (nSPS) is 10.8. The van der Waals surface area contributed by atoms with Crippen LogP contribution in [0.4, 0.5) is 5.69 Å². The van der Waals surface area contributed by atoms with Crippen molar-refractivity contribution >= 4 is 5.69 Å². The summed E-state index contributed by atoms with van der Waals surface area (Å²) in [5.74, 6) is 0.978. The first-order chi connectivity index (χ1) is 9.67. The molecule has 0 aliphatic rings. The molecule has 0 aliphatic carbocycles. The van der Waals surface area contributed by atoms with Gasteiger partial charge in [0, 0.05) is 30.9 Å². The second-order valence-corrected chi connectivity index (χ2v) is 5.33. The van der Waals surface area contributed by atoms with Gasteiger partial charge < -0.3 is 15.0 Å². The molecule has 1 aromatic rings. The van der Waals surface area contributed by atoms with E-state index in [9.17, 15) is 0 Å². The lowest BCUT2D eigenvalue weighted by atomic mass is 10.2. The fourth-order valence-corrected chi connectivity index (χ4v) is 2.17. The monoisotopic (exact) mass is 278 g/mol. The standard InChI is InChI=1S/C17H30N2O/c1-5-19(6-2)16-10-9-11-17(14-16)20-13-8-7-12-18-15(3)4/h9-11,14-15,18H,5-8,12-13H2,1-4H3. The molecule has 0 saturated heterocycles. The Morgan fingerprint density at radius 3 is 2.55 bits per heavy atom. The van der Waals surface area contributed by atoms with E-state index in [-0.39, 0.29) is 0 Å². The van der Waals surface area contributed by atoms with Crippen molar-refractivity contribution in [3.63, 3.8) is 0 Å². The molecule has 1 N–H and O–H groups in total. The highest BCUT2D eigenvalue weighted by Crippen LogP contribution is 2.21. The van der Waals surface area contributed by atoms with Crippen molar-refractivity contribution in [2.24, 2.45) is 0 Å². The van der Waals surface area contributed by atoms with Crippen molar-refractivity contribution in [1.29, 1.82) is 0 Å². The second kappa shape index (κ2) is 9.65. The quantitative estimate of drug-likeness (QED) is 0.661. The zero-order chi connectivity index (χ0) is 14.8. The number of rotatable bonds is 10. The van der Waals surface area contributed by atoms with Crippen LogP contribution >= 0.6 is 0 Å². The van der Waals surface area contributed by atoms with Crippen LogP contribution in [0.3, 0.4) is 0 Å². The van der Waals surface area contributed by atoms with Crippen molar-refractivity contribution in [3.8, 4) is 5.75 Å². The van der Waals surface area contributed by atoms with E-state index in [1.54, 1.807) is 0 Å². The summed E-state index contributed by atoms with van der Waals surface area (Å²) in [6, 6.07) is 8.97. The summed E-state index contributed by atoms with van der Waals surface area (Å²) in [6.45, 7) is 12.6. The largest absolute Gasteiger partial charge is 0.494 e. The average molecular weight is 278 g/mol. The molecule has 0 amide bonds. The van der Waals surface area contributed by atoms with Crippen LogP contribution in [0.15, 0.2) is 24.3 Å². The molecule has 0 radical (unpaired) electrons. The summed E-state index contributed by atoms with van der Waals surface area (Å²) in [6.07, 6.45) is 2.25. The molecule has 0 heterocycles. The number of unbranched alkanes of at least 4 members (excludes halogenated alkanes) is 1. The lowest BCUT2D eigenvalue weighted by Crippen LogP contribution is -2.23. The summed E-state index contributed by atoms with van der Waals surface area (Å²) in [4.78, 5) is 2.33. The Balaban J connectivity index is 2.32. The van der Waals surface area contributed by atoms with Crippen LogP contribution in [0.1, 0.15) is 40.5 Å². The number of anilines is 1. The molecule has 0 saturated carbocycles. The third-order valence-corrected chi connectivity index (χ3v) is 3.34. The van der Waals surface area contributed by atoms with Crippen molar-refractivity contribution in [3.05, 3.63) is 24.3 Å². The van der Waals surface area contributed by atoms with Crippen molar-refractivity contribution in [2.75, 3.05) is 31.1 Å². The first kappa shape index (κ1) is 16.8. The highest BCUT2D eigenvalue weighted by molar-refractivity contribution is 5.50. The van der Waals surface area contributed by atoms with Gasteiger partial charge in [-0.15, -0.1) is 0 Å². The minimum Gasteiger partial charge on any atom is -0.494 e. The zero-order valence-electron chi connectivity index (χ0n) is 13.5. The molecule has 20 heavy (non-hydrogen) atoms.